The molecule has 2 aromatic carbocycles. The second-order valence-electron chi connectivity index (χ2n) is 8.15. The van der Waals surface area contributed by atoms with Gasteiger partial charge in [0.25, 0.3) is 0 Å². The van der Waals surface area contributed by atoms with Crippen LogP contribution >= 0.6 is 11.8 Å². The zero-order chi connectivity index (χ0) is 22.6. The predicted molar refractivity (Wildman–Crippen MR) is 132 cm³/mol. The highest BCUT2D eigenvalue weighted by molar-refractivity contribution is 7.99. The Kier molecular flexibility index (Phi) is 6.28. The molecule has 1 aliphatic rings. The van der Waals surface area contributed by atoms with Gasteiger partial charge in [0.15, 0.2) is 5.65 Å². The molecule has 0 atom stereocenters. The van der Waals surface area contributed by atoms with E-state index in [1.807, 2.05) is 42.6 Å². The molecule has 0 unspecified atom stereocenters. The number of nitrogens with one attached hydrogen (secondary N) is 3. The summed E-state index contributed by atoms with van der Waals surface area (Å²) in [4.78, 5) is 18.0. The number of amides is 1. The Morgan fingerprint density at radius 1 is 1.03 bits per heavy atom. The van der Waals surface area contributed by atoms with Crippen LogP contribution in [0.15, 0.2) is 76.7 Å². The lowest BCUT2D eigenvalue weighted by Crippen LogP contribution is -2.26. The lowest BCUT2D eigenvalue weighted by atomic mass is 9.90. The monoisotopic (exact) mass is 458 g/mol. The molecule has 0 saturated carbocycles. The third-order valence-electron chi connectivity index (χ3n) is 5.71. The van der Waals surface area contributed by atoms with Gasteiger partial charge in [0.1, 0.15) is 0 Å². The molecule has 0 bridgehead atoms. The molecule has 1 aliphatic heterocycles. The molecule has 7 nitrogen and oxygen atoms in total. The molecule has 8 heteroatoms. The third kappa shape index (κ3) is 5.18. The number of anilines is 3. The maximum atomic E-state index is 11.2. The molecule has 0 radical (unpaired) electrons. The van der Waals surface area contributed by atoms with Crippen LogP contribution in [0.1, 0.15) is 31.2 Å². The van der Waals surface area contributed by atoms with E-state index >= 15 is 0 Å². The number of fused-ring (bicyclic) bond motifs is 1. The number of piperidine rings is 1. The molecule has 3 heterocycles. The van der Waals surface area contributed by atoms with Crippen molar-refractivity contribution >= 4 is 40.6 Å². The first-order chi connectivity index (χ1) is 16.1. The lowest BCUT2D eigenvalue weighted by molar-refractivity contribution is -0.114. The van der Waals surface area contributed by atoms with E-state index in [1.54, 1.807) is 16.3 Å². The molecular formula is C25H26N6OS. The van der Waals surface area contributed by atoms with Crippen LogP contribution < -0.4 is 16.0 Å². The van der Waals surface area contributed by atoms with Crippen LogP contribution in [0.2, 0.25) is 0 Å². The van der Waals surface area contributed by atoms with Gasteiger partial charge in [-0.05, 0) is 85.9 Å². The second kappa shape index (κ2) is 9.64. The van der Waals surface area contributed by atoms with E-state index in [0.29, 0.717) is 11.9 Å². The number of carbonyl (C=O) groups excluding carboxylic acids is 1. The molecule has 3 N–H and O–H groups in total. The minimum atomic E-state index is -0.0791. The van der Waals surface area contributed by atoms with E-state index in [4.69, 9.17) is 4.98 Å². The Morgan fingerprint density at radius 2 is 1.76 bits per heavy atom. The zero-order valence-corrected chi connectivity index (χ0v) is 19.2. The van der Waals surface area contributed by atoms with Crippen LogP contribution in [0, 0.1) is 0 Å². The first-order valence-electron chi connectivity index (χ1n) is 11.1. The number of aromatic nitrogens is 3. The molecule has 168 valence electrons. The van der Waals surface area contributed by atoms with Crippen molar-refractivity contribution < 1.29 is 4.79 Å². The van der Waals surface area contributed by atoms with Gasteiger partial charge in [-0.15, -0.1) is 5.10 Å². The first kappa shape index (κ1) is 21.5. The summed E-state index contributed by atoms with van der Waals surface area (Å²) in [5, 5.41) is 14.1. The van der Waals surface area contributed by atoms with Crippen molar-refractivity contribution in [2.75, 3.05) is 23.7 Å². The van der Waals surface area contributed by atoms with Crippen LogP contribution in [0.5, 0.6) is 0 Å². The maximum Gasteiger partial charge on any atom is 0.247 e. The summed E-state index contributed by atoms with van der Waals surface area (Å²) in [6.07, 6.45) is 4.28. The largest absolute Gasteiger partial charge is 0.326 e. The fraction of sp³-hybridized carbons (Fsp3) is 0.240. The second-order valence-corrected chi connectivity index (χ2v) is 9.27. The van der Waals surface area contributed by atoms with Crippen molar-refractivity contribution in [3.05, 3.63) is 72.4 Å². The minimum absolute atomic E-state index is 0.0791. The van der Waals surface area contributed by atoms with Gasteiger partial charge in [-0.3, -0.25) is 4.79 Å². The van der Waals surface area contributed by atoms with Crippen molar-refractivity contribution in [3.8, 4) is 0 Å². The van der Waals surface area contributed by atoms with Crippen LogP contribution in [0.4, 0.5) is 17.3 Å². The van der Waals surface area contributed by atoms with E-state index in [2.05, 4.69) is 45.3 Å². The standard InChI is InChI=1S/C25H26N6OS/c1-17(32)27-20-8-10-22(11-9-20)33-23-3-2-16-31-24(23)29-25(30-31)28-21-6-4-18(5-7-21)19-12-14-26-15-13-19/h2-11,16,19,26H,12-15H2,1H3,(H,27,32)(H,28,30). The summed E-state index contributed by atoms with van der Waals surface area (Å²) in [6.45, 7) is 3.69. The number of benzene rings is 2. The van der Waals surface area contributed by atoms with Crippen molar-refractivity contribution in [3.63, 3.8) is 0 Å². The molecule has 1 amide bonds. The van der Waals surface area contributed by atoms with Crippen LogP contribution in [0.3, 0.4) is 0 Å². The highest BCUT2D eigenvalue weighted by Gasteiger charge is 2.15. The van der Waals surface area contributed by atoms with Crippen molar-refractivity contribution in [2.24, 2.45) is 0 Å². The van der Waals surface area contributed by atoms with Gasteiger partial charge < -0.3 is 16.0 Å². The maximum absolute atomic E-state index is 11.2. The molecule has 0 spiro atoms. The quantitative estimate of drug-likeness (QED) is 0.375. The van der Waals surface area contributed by atoms with Crippen molar-refractivity contribution in [1.29, 1.82) is 0 Å². The van der Waals surface area contributed by atoms with E-state index in [1.165, 1.54) is 25.3 Å². The average Bonchev–Trinajstić information content (AvgIpc) is 3.25. The molecule has 2 aromatic heterocycles. The topological polar surface area (TPSA) is 83.4 Å². The van der Waals surface area contributed by atoms with Crippen LogP contribution in [-0.2, 0) is 4.79 Å². The zero-order valence-electron chi connectivity index (χ0n) is 18.4. The predicted octanol–water partition coefficient (Wildman–Crippen LogP) is 5.05. The SMILES string of the molecule is CC(=O)Nc1ccc(Sc2cccn3nc(Nc4ccc(C5CCNCC5)cc4)nc23)cc1. The molecule has 1 saturated heterocycles. The Morgan fingerprint density at radius 3 is 2.48 bits per heavy atom. The van der Waals surface area contributed by atoms with Crippen LogP contribution in [-0.4, -0.2) is 33.6 Å². The van der Waals surface area contributed by atoms with Gasteiger partial charge in [-0.25, -0.2) is 4.52 Å². The fourth-order valence-electron chi connectivity index (χ4n) is 4.07. The Balaban J connectivity index is 1.30. The van der Waals surface area contributed by atoms with Gasteiger partial charge in [0.2, 0.25) is 11.9 Å². The molecule has 5 rings (SSSR count). The van der Waals surface area contributed by atoms with Gasteiger partial charge in [-0.1, -0.05) is 23.9 Å². The molecule has 4 aromatic rings. The average molecular weight is 459 g/mol. The molecule has 33 heavy (non-hydrogen) atoms. The van der Waals surface area contributed by atoms with Crippen molar-refractivity contribution in [2.45, 2.75) is 35.5 Å². The van der Waals surface area contributed by atoms with E-state index in [9.17, 15) is 4.79 Å². The van der Waals surface area contributed by atoms with E-state index in [0.717, 1.165) is 39.9 Å². The third-order valence-corrected chi connectivity index (χ3v) is 6.75. The minimum Gasteiger partial charge on any atom is -0.326 e. The first-order valence-corrected chi connectivity index (χ1v) is 11.9. The lowest BCUT2D eigenvalue weighted by Gasteiger charge is -2.23. The van der Waals surface area contributed by atoms with Gasteiger partial charge in [0.05, 0.1) is 4.90 Å². The van der Waals surface area contributed by atoms with E-state index < -0.39 is 0 Å². The number of hydrogen-bond donors (Lipinski definition) is 3. The van der Waals surface area contributed by atoms with Crippen LogP contribution in [0.25, 0.3) is 5.65 Å². The summed E-state index contributed by atoms with van der Waals surface area (Å²) >= 11 is 1.61. The molecule has 0 aliphatic carbocycles. The van der Waals surface area contributed by atoms with Crippen molar-refractivity contribution in [1.82, 2.24) is 19.9 Å². The summed E-state index contributed by atoms with van der Waals surface area (Å²) in [7, 11) is 0. The number of hydrogen-bond acceptors (Lipinski definition) is 6. The number of carbonyl (C=O) groups is 1. The smallest absolute Gasteiger partial charge is 0.247 e. The highest BCUT2D eigenvalue weighted by atomic mass is 32.2. The van der Waals surface area contributed by atoms with Gasteiger partial charge in [0, 0.05) is 29.4 Å². The molecule has 1 fully saturated rings. The Labute approximate surface area is 197 Å². The van der Waals surface area contributed by atoms with Gasteiger partial charge in [-0.2, -0.15) is 4.98 Å². The van der Waals surface area contributed by atoms with E-state index in [-0.39, 0.29) is 5.91 Å². The van der Waals surface area contributed by atoms with Gasteiger partial charge >= 0.3 is 0 Å². The summed E-state index contributed by atoms with van der Waals surface area (Å²) < 4.78 is 1.79. The fourth-order valence-corrected chi connectivity index (χ4v) is 4.98. The normalized spacial score (nSPS) is 14.3. The summed E-state index contributed by atoms with van der Waals surface area (Å²) in [5.41, 5.74) is 3.95. The number of rotatable bonds is 6. The number of pyridine rings is 1. The highest BCUT2D eigenvalue weighted by Crippen LogP contribution is 2.32. The Bertz CT molecular complexity index is 1250. The summed E-state index contributed by atoms with van der Waals surface area (Å²) in [5.74, 6) is 1.13. The Hall–Kier alpha value is -3.36. The number of nitrogens with zero attached hydrogens (tertiary/aromatic N) is 3. The summed E-state index contributed by atoms with van der Waals surface area (Å²) in [6, 6.07) is 20.4. The molecular weight excluding hydrogens is 432 g/mol.